The van der Waals surface area contributed by atoms with Gasteiger partial charge in [-0.2, -0.15) is 0 Å². The van der Waals surface area contributed by atoms with Crippen LogP contribution in [0.2, 0.25) is 0 Å². The first-order valence-corrected chi connectivity index (χ1v) is 9.58. The Morgan fingerprint density at radius 2 is 2.10 bits per heavy atom. The van der Waals surface area contributed by atoms with Gasteiger partial charge in [-0.25, -0.2) is 8.42 Å². The second-order valence-corrected chi connectivity index (χ2v) is 8.33. The molecular weight excluding hydrogens is 382 g/mol. The third-order valence-electron chi connectivity index (χ3n) is 3.21. The summed E-state index contributed by atoms with van der Waals surface area (Å²) >= 11 is 3.23. The number of hydrogen-bond acceptors (Lipinski definition) is 4. The molecule has 0 radical (unpaired) electrons. The molecule has 1 atom stereocenters. The summed E-state index contributed by atoms with van der Waals surface area (Å²) in [6.07, 6.45) is 1.56. The monoisotopic (exact) mass is 395 g/mol. The first-order valence-electron chi connectivity index (χ1n) is 6.48. The van der Waals surface area contributed by atoms with Gasteiger partial charge in [-0.1, -0.05) is 15.9 Å². The Morgan fingerprint density at radius 3 is 2.76 bits per heavy atom. The molecule has 1 aromatic rings. The number of amides is 1. The number of ether oxygens (including phenoxy) is 1. The molecule has 1 N–H and O–H groups in total. The Kier molecular flexibility index (Phi) is 5.16. The topological polar surface area (TPSA) is 72.5 Å². The second kappa shape index (κ2) is 6.54. The van der Waals surface area contributed by atoms with Crippen LogP contribution in [-0.2, 0) is 13.8 Å². The van der Waals surface area contributed by atoms with Crippen LogP contribution in [0, 0.1) is 6.92 Å². The van der Waals surface area contributed by atoms with E-state index < -0.39 is 15.2 Å². The van der Waals surface area contributed by atoms with Crippen molar-refractivity contribution < 1.29 is 17.9 Å². The predicted octanol–water partition coefficient (Wildman–Crippen LogP) is 2.73. The van der Waals surface area contributed by atoms with Gasteiger partial charge in [0.15, 0.2) is 6.10 Å². The molecule has 0 spiro atoms. The lowest BCUT2D eigenvalue weighted by molar-refractivity contribution is -0.127. The molecule has 1 aliphatic heterocycles. The molecule has 0 aliphatic carbocycles. The fraction of sp³-hybridized carbons (Fsp3) is 0.462. The van der Waals surface area contributed by atoms with Crippen LogP contribution in [-0.4, -0.2) is 27.0 Å². The van der Waals surface area contributed by atoms with Crippen LogP contribution >= 0.6 is 26.6 Å². The van der Waals surface area contributed by atoms with Crippen molar-refractivity contribution >= 4 is 41.6 Å². The lowest BCUT2D eigenvalue weighted by atomic mass is 10.1. The van der Waals surface area contributed by atoms with Crippen LogP contribution in [0.3, 0.4) is 0 Å². The zero-order chi connectivity index (χ0) is 15.6. The number of halogens is 2. The van der Waals surface area contributed by atoms with Crippen molar-refractivity contribution in [1.82, 2.24) is 5.32 Å². The zero-order valence-corrected chi connectivity index (χ0v) is 14.5. The van der Waals surface area contributed by atoms with Crippen molar-refractivity contribution in [3.63, 3.8) is 0 Å². The lowest BCUT2D eigenvalue weighted by Gasteiger charge is -2.19. The summed E-state index contributed by atoms with van der Waals surface area (Å²) in [5, 5.41) is 2.75. The first-order chi connectivity index (χ1) is 9.79. The Bertz CT molecular complexity index is 662. The standard InChI is InChI=1S/C13H15BrClNO4S/c1-8-6-9(14)7-11(21(15,18)19)12(8)20-10-4-2-3-5-16-13(10)17/h6-7,10H,2-5H2,1H3,(H,16,17). The van der Waals surface area contributed by atoms with Gasteiger partial charge in [0, 0.05) is 21.7 Å². The maximum Gasteiger partial charge on any atom is 0.265 e. The van der Waals surface area contributed by atoms with Crippen LogP contribution in [0.15, 0.2) is 21.5 Å². The van der Waals surface area contributed by atoms with Crippen LogP contribution in [0.1, 0.15) is 24.8 Å². The van der Waals surface area contributed by atoms with Gasteiger partial charge < -0.3 is 10.1 Å². The highest BCUT2D eigenvalue weighted by molar-refractivity contribution is 9.10. The average Bonchev–Trinajstić information content (AvgIpc) is 2.56. The Balaban J connectivity index is 2.41. The number of hydrogen-bond donors (Lipinski definition) is 1. The molecule has 0 saturated carbocycles. The minimum atomic E-state index is -3.97. The van der Waals surface area contributed by atoms with Crippen molar-refractivity contribution in [2.45, 2.75) is 37.2 Å². The Hall–Kier alpha value is -0.790. The summed E-state index contributed by atoms with van der Waals surface area (Å²) in [4.78, 5) is 11.8. The molecule has 1 fully saturated rings. The number of rotatable bonds is 3. The number of aryl methyl sites for hydroxylation is 1. The van der Waals surface area contributed by atoms with Crippen LogP contribution < -0.4 is 10.1 Å². The van der Waals surface area contributed by atoms with Crippen molar-refractivity contribution in [2.24, 2.45) is 0 Å². The number of nitrogens with one attached hydrogen (secondary N) is 1. The van der Waals surface area contributed by atoms with E-state index in [0.29, 0.717) is 23.0 Å². The Morgan fingerprint density at radius 1 is 1.38 bits per heavy atom. The molecule has 1 amide bonds. The fourth-order valence-electron chi connectivity index (χ4n) is 2.20. The average molecular weight is 397 g/mol. The van der Waals surface area contributed by atoms with Crippen molar-refractivity contribution in [1.29, 1.82) is 0 Å². The summed E-state index contributed by atoms with van der Waals surface area (Å²) in [5.41, 5.74) is 0.598. The summed E-state index contributed by atoms with van der Waals surface area (Å²) in [7, 11) is 1.49. The van der Waals surface area contributed by atoms with Crippen LogP contribution in [0.25, 0.3) is 0 Å². The highest BCUT2D eigenvalue weighted by Crippen LogP contribution is 2.34. The van der Waals surface area contributed by atoms with Crippen molar-refractivity contribution in [3.8, 4) is 5.75 Å². The molecule has 1 aliphatic rings. The van der Waals surface area contributed by atoms with Gasteiger partial charge in [-0.15, -0.1) is 0 Å². The van der Waals surface area contributed by atoms with Gasteiger partial charge in [0.25, 0.3) is 15.0 Å². The third kappa shape index (κ3) is 4.11. The molecule has 1 unspecified atom stereocenters. The van der Waals surface area contributed by atoms with E-state index >= 15 is 0 Å². The van der Waals surface area contributed by atoms with Gasteiger partial charge >= 0.3 is 0 Å². The van der Waals surface area contributed by atoms with Gasteiger partial charge in [-0.05, 0) is 43.9 Å². The molecule has 1 aromatic carbocycles. The molecule has 21 heavy (non-hydrogen) atoms. The zero-order valence-electron chi connectivity index (χ0n) is 11.4. The fourth-order valence-corrected chi connectivity index (χ4v) is 3.96. The maximum atomic E-state index is 11.9. The van der Waals surface area contributed by atoms with Crippen molar-refractivity contribution in [2.75, 3.05) is 6.54 Å². The van der Waals surface area contributed by atoms with E-state index in [-0.39, 0.29) is 16.6 Å². The quantitative estimate of drug-likeness (QED) is 0.797. The van der Waals surface area contributed by atoms with E-state index in [4.69, 9.17) is 15.4 Å². The number of carbonyl (C=O) groups excluding carboxylic acids is 1. The van der Waals surface area contributed by atoms with Crippen LogP contribution in [0.4, 0.5) is 0 Å². The summed E-state index contributed by atoms with van der Waals surface area (Å²) in [6, 6.07) is 3.09. The molecule has 1 saturated heterocycles. The van der Waals surface area contributed by atoms with E-state index in [2.05, 4.69) is 21.2 Å². The first kappa shape index (κ1) is 16.6. The molecule has 8 heteroatoms. The minimum Gasteiger partial charge on any atom is -0.479 e. The van der Waals surface area contributed by atoms with Gasteiger partial charge in [0.2, 0.25) is 0 Å². The van der Waals surface area contributed by atoms with Gasteiger partial charge in [0.05, 0.1) is 0 Å². The summed E-state index contributed by atoms with van der Waals surface area (Å²) in [5.74, 6) is -0.0945. The van der Waals surface area contributed by atoms with Crippen LogP contribution in [0.5, 0.6) is 5.75 Å². The number of benzene rings is 1. The van der Waals surface area contributed by atoms with E-state index in [1.54, 1.807) is 13.0 Å². The predicted molar refractivity (Wildman–Crippen MR) is 83.2 cm³/mol. The van der Waals surface area contributed by atoms with Gasteiger partial charge in [-0.3, -0.25) is 4.79 Å². The smallest absolute Gasteiger partial charge is 0.265 e. The Labute approximate surface area is 136 Å². The number of carbonyl (C=O) groups is 1. The molecule has 5 nitrogen and oxygen atoms in total. The van der Waals surface area contributed by atoms with E-state index in [1.807, 2.05) is 0 Å². The molecule has 1 heterocycles. The highest BCUT2D eigenvalue weighted by atomic mass is 79.9. The highest BCUT2D eigenvalue weighted by Gasteiger charge is 2.27. The second-order valence-electron chi connectivity index (χ2n) is 4.88. The molecule has 0 aromatic heterocycles. The van der Waals surface area contributed by atoms with E-state index in [1.165, 1.54) is 6.07 Å². The minimum absolute atomic E-state index is 0.131. The third-order valence-corrected chi connectivity index (χ3v) is 5.00. The maximum absolute atomic E-state index is 11.9. The van der Waals surface area contributed by atoms with E-state index in [9.17, 15) is 13.2 Å². The van der Waals surface area contributed by atoms with Crippen molar-refractivity contribution in [3.05, 3.63) is 22.2 Å². The lowest BCUT2D eigenvalue weighted by Crippen LogP contribution is -2.36. The molecule has 116 valence electrons. The summed E-state index contributed by atoms with van der Waals surface area (Å²) < 4.78 is 29.7. The molecular formula is C13H15BrClNO4S. The largest absolute Gasteiger partial charge is 0.479 e. The van der Waals surface area contributed by atoms with E-state index in [0.717, 1.165) is 12.8 Å². The summed E-state index contributed by atoms with van der Waals surface area (Å²) in [6.45, 7) is 2.32. The molecule has 0 bridgehead atoms. The van der Waals surface area contributed by atoms with Gasteiger partial charge in [0.1, 0.15) is 10.6 Å². The normalized spacial score (nSPS) is 19.8. The SMILES string of the molecule is Cc1cc(Br)cc(S(=O)(=O)Cl)c1OC1CCCCNC1=O. The molecule has 2 rings (SSSR count).